The number of rotatable bonds is 1. The fraction of sp³-hybridized carbons (Fsp3) is 0.583. The van der Waals surface area contributed by atoms with Gasteiger partial charge in [0.15, 0.2) is 0 Å². The van der Waals surface area contributed by atoms with Gasteiger partial charge in [-0.3, -0.25) is 0 Å². The predicted molar refractivity (Wildman–Crippen MR) is 70.1 cm³/mol. The van der Waals surface area contributed by atoms with Crippen LogP contribution in [-0.2, 0) is 0 Å². The lowest BCUT2D eigenvalue weighted by Crippen LogP contribution is -2.28. The first kappa shape index (κ1) is 12.2. The Balaban J connectivity index is 2.20. The fourth-order valence-corrected chi connectivity index (χ4v) is 2.99. The molecule has 0 saturated carbocycles. The van der Waals surface area contributed by atoms with Gasteiger partial charge in [0.2, 0.25) is 0 Å². The van der Waals surface area contributed by atoms with E-state index < -0.39 is 0 Å². The predicted octanol–water partition coefficient (Wildman–Crippen LogP) is 2.07. The first-order chi connectivity index (χ1) is 8.12. The lowest BCUT2D eigenvalue weighted by atomic mass is 10.1. The lowest BCUT2D eigenvalue weighted by molar-refractivity contribution is 0.634. The number of aromatic nitrogens is 2. The standard InChI is InChI=1S/C12H16N4S/c1-12(2)3-4-16(5-6-17-12)11-10(7-13)8-14-9-15-11/h8-9H,3-6H2,1-2H3. The van der Waals surface area contributed by atoms with Crippen molar-refractivity contribution < 1.29 is 0 Å². The largest absolute Gasteiger partial charge is 0.355 e. The highest BCUT2D eigenvalue weighted by molar-refractivity contribution is 8.00. The average Bonchev–Trinajstić information content (AvgIpc) is 2.50. The monoisotopic (exact) mass is 248 g/mol. The number of hydrogen-bond acceptors (Lipinski definition) is 5. The normalized spacial score (nSPS) is 19.5. The van der Waals surface area contributed by atoms with Crippen molar-refractivity contribution in [2.24, 2.45) is 0 Å². The van der Waals surface area contributed by atoms with Crippen molar-refractivity contribution >= 4 is 17.6 Å². The molecule has 0 unspecified atom stereocenters. The van der Waals surface area contributed by atoms with Gasteiger partial charge in [0.1, 0.15) is 23.8 Å². The summed E-state index contributed by atoms with van der Waals surface area (Å²) in [6, 6.07) is 2.16. The van der Waals surface area contributed by atoms with Gasteiger partial charge in [-0.15, -0.1) is 0 Å². The molecule has 0 aromatic carbocycles. The van der Waals surface area contributed by atoms with E-state index in [4.69, 9.17) is 5.26 Å². The molecule has 2 heterocycles. The molecule has 4 nitrogen and oxygen atoms in total. The third-order valence-corrected chi connectivity index (χ3v) is 4.32. The molecule has 0 bridgehead atoms. The van der Waals surface area contributed by atoms with E-state index in [1.54, 1.807) is 6.20 Å². The second-order valence-corrected chi connectivity index (χ2v) is 6.52. The Kier molecular flexibility index (Phi) is 3.53. The molecule has 0 radical (unpaired) electrons. The van der Waals surface area contributed by atoms with Crippen LogP contribution in [0, 0.1) is 11.3 Å². The summed E-state index contributed by atoms with van der Waals surface area (Å²) in [5, 5.41) is 9.06. The number of nitrogens with zero attached hydrogens (tertiary/aromatic N) is 4. The molecule has 1 saturated heterocycles. The zero-order valence-electron chi connectivity index (χ0n) is 10.2. The van der Waals surface area contributed by atoms with Crippen molar-refractivity contribution in [2.75, 3.05) is 23.7 Å². The Hall–Kier alpha value is -1.28. The van der Waals surface area contributed by atoms with Crippen molar-refractivity contribution in [3.05, 3.63) is 18.1 Å². The van der Waals surface area contributed by atoms with Crippen LogP contribution in [0.5, 0.6) is 0 Å². The molecule has 1 aliphatic rings. The maximum Gasteiger partial charge on any atom is 0.149 e. The van der Waals surface area contributed by atoms with Crippen LogP contribution in [-0.4, -0.2) is 33.6 Å². The van der Waals surface area contributed by atoms with Gasteiger partial charge in [0.25, 0.3) is 0 Å². The van der Waals surface area contributed by atoms with Crippen molar-refractivity contribution in [3.63, 3.8) is 0 Å². The van der Waals surface area contributed by atoms with E-state index in [9.17, 15) is 0 Å². The van der Waals surface area contributed by atoms with Gasteiger partial charge in [0.05, 0.1) is 6.20 Å². The highest BCUT2D eigenvalue weighted by Gasteiger charge is 2.25. The molecule has 2 rings (SSSR count). The zero-order valence-corrected chi connectivity index (χ0v) is 11.0. The van der Waals surface area contributed by atoms with Gasteiger partial charge < -0.3 is 4.90 Å². The summed E-state index contributed by atoms with van der Waals surface area (Å²) in [6.07, 6.45) is 4.21. The molecule has 5 heteroatoms. The molecular weight excluding hydrogens is 232 g/mol. The van der Waals surface area contributed by atoms with Crippen LogP contribution >= 0.6 is 11.8 Å². The molecule has 0 atom stereocenters. The quantitative estimate of drug-likeness (QED) is 0.761. The van der Waals surface area contributed by atoms with Gasteiger partial charge in [0, 0.05) is 23.6 Å². The summed E-state index contributed by atoms with van der Waals surface area (Å²) < 4.78 is 0.314. The zero-order chi connectivity index (χ0) is 12.3. The Bertz CT molecular complexity index is 438. The molecule has 1 aromatic heterocycles. The summed E-state index contributed by atoms with van der Waals surface area (Å²) in [4.78, 5) is 10.3. The van der Waals surface area contributed by atoms with E-state index in [0.717, 1.165) is 31.1 Å². The second kappa shape index (κ2) is 4.92. The van der Waals surface area contributed by atoms with Crippen molar-refractivity contribution in [1.82, 2.24) is 9.97 Å². The molecule has 90 valence electrons. The Labute approximate surface area is 106 Å². The third-order valence-electron chi connectivity index (χ3n) is 2.95. The van der Waals surface area contributed by atoms with E-state index >= 15 is 0 Å². The number of anilines is 1. The molecule has 17 heavy (non-hydrogen) atoms. The van der Waals surface area contributed by atoms with Crippen LogP contribution in [0.1, 0.15) is 25.8 Å². The molecule has 1 fully saturated rings. The first-order valence-electron chi connectivity index (χ1n) is 5.71. The Morgan fingerprint density at radius 1 is 1.47 bits per heavy atom. The SMILES string of the molecule is CC1(C)CCN(c2ncncc2C#N)CCS1. The summed E-state index contributed by atoms with van der Waals surface area (Å²) in [5.74, 6) is 1.85. The van der Waals surface area contributed by atoms with E-state index in [0.29, 0.717) is 10.3 Å². The van der Waals surface area contributed by atoms with Crippen molar-refractivity contribution in [2.45, 2.75) is 25.0 Å². The maximum atomic E-state index is 9.06. The topological polar surface area (TPSA) is 52.8 Å². The van der Waals surface area contributed by atoms with E-state index in [1.807, 2.05) is 11.8 Å². The minimum absolute atomic E-state index is 0.314. The van der Waals surface area contributed by atoms with Crippen LogP contribution in [0.15, 0.2) is 12.5 Å². The minimum Gasteiger partial charge on any atom is -0.355 e. The van der Waals surface area contributed by atoms with E-state index in [1.165, 1.54) is 6.33 Å². The van der Waals surface area contributed by atoms with Gasteiger partial charge in [-0.25, -0.2) is 9.97 Å². The molecule has 1 aliphatic heterocycles. The fourth-order valence-electron chi connectivity index (χ4n) is 1.89. The second-order valence-electron chi connectivity index (χ2n) is 4.72. The highest BCUT2D eigenvalue weighted by Crippen LogP contribution is 2.32. The average molecular weight is 248 g/mol. The molecule has 0 aliphatic carbocycles. The van der Waals surface area contributed by atoms with E-state index in [-0.39, 0.29) is 0 Å². The molecule has 0 amide bonds. The maximum absolute atomic E-state index is 9.06. The van der Waals surface area contributed by atoms with Crippen LogP contribution in [0.4, 0.5) is 5.82 Å². The van der Waals surface area contributed by atoms with Gasteiger partial charge in [-0.05, 0) is 6.42 Å². The van der Waals surface area contributed by atoms with Gasteiger partial charge >= 0.3 is 0 Å². The van der Waals surface area contributed by atoms with Crippen LogP contribution < -0.4 is 4.90 Å². The summed E-state index contributed by atoms with van der Waals surface area (Å²) in [5.41, 5.74) is 0.567. The smallest absolute Gasteiger partial charge is 0.149 e. The Morgan fingerprint density at radius 3 is 3.06 bits per heavy atom. The summed E-state index contributed by atoms with van der Waals surface area (Å²) in [6.45, 7) is 6.43. The molecule has 0 N–H and O–H groups in total. The van der Waals surface area contributed by atoms with Crippen LogP contribution in [0.2, 0.25) is 0 Å². The molecular formula is C12H16N4S. The minimum atomic E-state index is 0.314. The summed E-state index contributed by atoms with van der Waals surface area (Å²) in [7, 11) is 0. The lowest BCUT2D eigenvalue weighted by Gasteiger charge is -2.23. The highest BCUT2D eigenvalue weighted by atomic mass is 32.2. The molecule has 0 spiro atoms. The molecule has 1 aromatic rings. The number of thioether (sulfide) groups is 1. The van der Waals surface area contributed by atoms with Crippen molar-refractivity contribution in [3.8, 4) is 6.07 Å². The van der Waals surface area contributed by atoms with Gasteiger partial charge in [-0.1, -0.05) is 13.8 Å². The number of nitriles is 1. The Morgan fingerprint density at radius 2 is 2.29 bits per heavy atom. The van der Waals surface area contributed by atoms with Crippen molar-refractivity contribution in [1.29, 1.82) is 5.26 Å². The van der Waals surface area contributed by atoms with Crippen LogP contribution in [0.3, 0.4) is 0 Å². The van der Waals surface area contributed by atoms with E-state index in [2.05, 4.69) is 34.8 Å². The third kappa shape index (κ3) is 2.89. The number of hydrogen-bond donors (Lipinski definition) is 0. The first-order valence-corrected chi connectivity index (χ1v) is 6.70. The van der Waals surface area contributed by atoms with Crippen LogP contribution in [0.25, 0.3) is 0 Å². The summed E-state index contributed by atoms with van der Waals surface area (Å²) >= 11 is 1.99. The van der Waals surface area contributed by atoms with Gasteiger partial charge in [-0.2, -0.15) is 17.0 Å².